The van der Waals surface area contributed by atoms with Crippen LogP contribution in [0.2, 0.25) is 0 Å². The number of nitrogens with zero attached hydrogens (tertiary/aromatic N) is 1. The van der Waals surface area contributed by atoms with Crippen LogP contribution < -0.4 is 14.6 Å². The molecule has 0 amide bonds. The van der Waals surface area contributed by atoms with Gasteiger partial charge in [-0.25, -0.2) is 4.98 Å². The van der Waals surface area contributed by atoms with E-state index in [2.05, 4.69) is 11.6 Å². The van der Waals surface area contributed by atoms with Crippen molar-refractivity contribution in [1.29, 1.82) is 0 Å². The number of ether oxygens (including phenoxy) is 2. The second kappa shape index (κ2) is 8.19. The summed E-state index contributed by atoms with van der Waals surface area (Å²) >= 11 is 0. The summed E-state index contributed by atoms with van der Waals surface area (Å²) in [5, 5.41) is 12.0. The van der Waals surface area contributed by atoms with Crippen LogP contribution in [-0.2, 0) is 0 Å². The van der Waals surface area contributed by atoms with Crippen LogP contribution >= 0.6 is 0 Å². The number of methoxy groups -OCH3 is 1. The summed E-state index contributed by atoms with van der Waals surface area (Å²) in [6.45, 7) is 4.01. The van der Waals surface area contributed by atoms with Crippen LogP contribution in [0.4, 0.5) is 0 Å². The van der Waals surface area contributed by atoms with Crippen LogP contribution in [0.3, 0.4) is 0 Å². The monoisotopic (exact) mass is 360 g/mol. The van der Waals surface area contributed by atoms with Crippen LogP contribution in [-0.4, -0.2) is 24.7 Å². The molecule has 1 aromatic heterocycles. The van der Waals surface area contributed by atoms with E-state index in [1.165, 1.54) is 6.07 Å². The fourth-order valence-electron chi connectivity index (χ4n) is 2.69. The second-order valence-electron chi connectivity index (χ2n) is 5.74. The molecule has 5 heteroatoms. The lowest BCUT2D eigenvalue weighted by molar-refractivity contribution is -0.254. The lowest BCUT2D eigenvalue weighted by Gasteiger charge is -2.10. The van der Waals surface area contributed by atoms with Crippen molar-refractivity contribution in [2.24, 2.45) is 0 Å². The number of carbonyl (C=O) groups excluding carboxylic acids is 1. The van der Waals surface area contributed by atoms with E-state index < -0.39 is 5.97 Å². The van der Waals surface area contributed by atoms with Crippen LogP contribution in [0, 0.1) is 0 Å². The first-order valence-corrected chi connectivity index (χ1v) is 8.33. The molecular formula is C22H18NO4-. The average Bonchev–Trinajstić information content (AvgIpc) is 2.70. The molecule has 3 rings (SSSR count). The summed E-state index contributed by atoms with van der Waals surface area (Å²) in [5.41, 5.74) is 2.11. The Balaban J connectivity index is 1.94. The maximum absolute atomic E-state index is 11.4. The first-order valence-electron chi connectivity index (χ1n) is 8.33. The molecule has 0 aliphatic heterocycles. The van der Waals surface area contributed by atoms with Crippen molar-refractivity contribution in [2.45, 2.75) is 0 Å². The second-order valence-corrected chi connectivity index (χ2v) is 5.74. The Morgan fingerprint density at radius 2 is 1.96 bits per heavy atom. The lowest BCUT2D eigenvalue weighted by Crippen LogP contribution is -2.22. The van der Waals surface area contributed by atoms with Gasteiger partial charge in [0.25, 0.3) is 0 Å². The molecule has 27 heavy (non-hydrogen) atoms. The van der Waals surface area contributed by atoms with E-state index in [-0.39, 0.29) is 5.56 Å². The van der Waals surface area contributed by atoms with Crippen LogP contribution in [0.25, 0.3) is 23.1 Å². The fourth-order valence-corrected chi connectivity index (χ4v) is 2.69. The van der Waals surface area contributed by atoms with Crippen molar-refractivity contribution in [3.8, 4) is 11.5 Å². The quantitative estimate of drug-likeness (QED) is 0.604. The number of pyridine rings is 1. The summed E-state index contributed by atoms with van der Waals surface area (Å²) in [7, 11) is 1.57. The van der Waals surface area contributed by atoms with E-state index in [0.29, 0.717) is 34.7 Å². The van der Waals surface area contributed by atoms with Gasteiger partial charge in [-0.05, 0) is 35.9 Å². The molecule has 0 saturated heterocycles. The molecule has 3 aromatic rings. The average molecular weight is 360 g/mol. The van der Waals surface area contributed by atoms with Gasteiger partial charge >= 0.3 is 0 Å². The third kappa shape index (κ3) is 4.15. The van der Waals surface area contributed by atoms with Gasteiger partial charge in [-0.1, -0.05) is 43.0 Å². The zero-order chi connectivity index (χ0) is 19.2. The molecule has 0 radical (unpaired) electrons. The highest BCUT2D eigenvalue weighted by atomic mass is 16.5. The normalized spacial score (nSPS) is 10.9. The molecule has 0 atom stereocenters. The van der Waals surface area contributed by atoms with Crippen molar-refractivity contribution >= 4 is 29.0 Å². The van der Waals surface area contributed by atoms with Crippen molar-refractivity contribution in [2.75, 3.05) is 13.7 Å². The van der Waals surface area contributed by atoms with Crippen molar-refractivity contribution in [3.05, 3.63) is 78.0 Å². The van der Waals surface area contributed by atoms with E-state index in [1.54, 1.807) is 37.5 Å². The van der Waals surface area contributed by atoms with E-state index in [1.807, 2.05) is 30.3 Å². The molecule has 136 valence electrons. The summed E-state index contributed by atoms with van der Waals surface area (Å²) in [5.74, 6) is -0.00727. The third-order valence-electron chi connectivity index (χ3n) is 3.95. The number of aromatic carboxylic acids is 1. The summed E-state index contributed by atoms with van der Waals surface area (Å²) in [4.78, 5) is 15.9. The Kier molecular flexibility index (Phi) is 5.52. The molecule has 0 N–H and O–H groups in total. The number of carboxylic acids is 1. The Labute approximate surface area is 157 Å². The number of carboxylic acid groups (broad SMARTS) is 1. The molecular weight excluding hydrogens is 342 g/mol. The number of carbonyl (C=O) groups is 1. The van der Waals surface area contributed by atoms with Gasteiger partial charge in [0.05, 0.1) is 24.3 Å². The van der Waals surface area contributed by atoms with E-state index >= 15 is 0 Å². The van der Waals surface area contributed by atoms with Gasteiger partial charge < -0.3 is 19.4 Å². The van der Waals surface area contributed by atoms with Crippen LogP contribution in [0.15, 0.2) is 61.2 Å². The predicted octanol–water partition coefficient (Wildman–Crippen LogP) is 3.34. The standard InChI is InChI=1S/C22H19NO4/c1-3-12-27-20-11-9-15(13-21(20)26-2)8-10-16-14-18(22(24)25)17-6-4-5-7-19(17)23-16/h3-11,13-14H,1,12H2,2H3,(H,24,25)/p-1/b10-8+. The maximum Gasteiger partial charge on any atom is 0.161 e. The van der Waals surface area contributed by atoms with Crippen molar-refractivity contribution < 1.29 is 19.4 Å². The number of benzene rings is 2. The Morgan fingerprint density at radius 3 is 2.70 bits per heavy atom. The van der Waals surface area contributed by atoms with Crippen molar-refractivity contribution in [3.63, 3.8) is 0 Å². The smallest absolute Gasteiger partial charge is 0.161 e. The Hall–Kier alpha value is -3.60. The minimum absolute atomic E-state index is 0.117. The molecule has 0 unspecified atom stereocenters. The molecule has 0 aliphatic rings. The van der Waals surface area contributed by atoms with Gasteiger partial charge in [0.15, 0.2) is 11.5 Å². The number of para-hydroxylation sites is 1. The third-order valence-corrected chi connectivity index (χ3v) is 3.95. The molecule has 1 heterocycles. The molecule has 2 aromatic carbocycles. The van der Waals surface area contributed by atoms with Gasteiger partial charge in [-0.15, -0.1) is 0 Å². The van der Waals surface area contributed by atoms with Crippen LogP contribution in [0.5, 0.6) is 11.5 Å². The summed E-state index contributed by atoms with van der Waals surface area (Å²) in [6.07, 6.45) is 5.24. The van der Waals surface area contributed by atoms with Crippen LogP contribution in [0.1, 0.15) is 21.6 Å². The number of hydrogen-bond acceptors (Lipinski definition) is 5. The number of rotatable bonds is 7. The zero-order valence-corrected chi connectivity index (χ0v) is 14.8. The van der Waals surface area contributed by atoms with Gasteiger partial charge in [0.1, 0.15) is 6.61 Å². The molecule has 0 bridgehead atoms. The Morgan fingerprint density at radius 1 is 1.15 bits per heavy atom. The first kappa shape index (κ1) is 18.2. The van der Waals surface area contributed by atoms with Gasteiger partial charge in [0.2, 0.25) is 0 Å². The zero-order valence-electron chi connectivity index (χ0n) is 14.8. The van der Waals surface area contributed by atoms with E-state index in [9.17, 15) is 9.90 Å². The van der Waals surface area contributed by atoms with E-state index in [0.717, 1.165) is 5.56 Å². The fraction of sp³-hybridized carbons (Fsp3) is 0.0909. The highest BCUT2D eigenvalue weighted by molar-refractivity contribution is 6.02. The largest absolute Gasteiger partial charge is 0.545 e. The van der Waals surface area contributed by atoms with Crippen molar-refractivity contribution in [1.82, 2.24) is 4.98 Å². The summed E-state index contributed by atoms with van der Waals surface area (Å²) in [6, 6.07) is 14.1. The molecule has 0 saturated carbocycles. The van der Waals surface area contributed by atoms with E-state index in [4.69, 9.17) is 9.47 Å². The highest BCUT2D eigenvalue weighted by Gasteiger charge is 2.06. The van der Waals surface area contributed by atoms with Gasteiger partial charge in [0, 0.05) is 10.9 Å². The first-order chi connectivity index (χ1) is 13.1. The maximum atomic E-state index is 11.4. The topological polar surface area (TPSA) is 71.5 Å². The molecule has 0 fully saturated rings. The lowest BCUT2D eigenvalue weighted by atomic mass is 10.1. The summed E-state index contributed by atoms with van der Waals surface area (Å²) < 4.78 is 10.9. The van der Waals surface area contributed by atoms with Gasteiger partial charge in [-0.2, -0.15) is 0 Å². The minimum Gasteiger partial charge on any atom is -0.545 e. The minimum atomic E-state index is -1.23. The number of aromatic nitrogens is 1. The Bertz CT molecular complexity index is 1020. The molecule has 0 aliphatic carbocycles. The number of fused-ring (bicyclic) bond motifs is 1. The highest BCUT2D eigenvalue weighted by Crippen LogP contribution is 2.29. The SMILES string of the molecule is C=CCOc1ccc(/C=C/c2cc(C(=O)[O-])c3ccccc3n2)cc1OC. The molecule has 5 nitrogen and oxygen atoms in total. The molecule has 0 spiro atoms. The number of hydrogen-bond donors (Lipinski definition) is 0. The van der Waals surface area contributed by atoms with Gasteiger partial charge in [-0.3, -0.25) is 0 Å². The predicted molar refractivity (Wildman–Crippen MR) is 104 cm³/mol.